The summed E-state index contributed by atoms with van der Waals surface area (Å²) in [5.74, 6) is 1.13. The summed E-state index contributed by atoms with van der Waals surface area (Å²) in [6.45, 7) is 7.13. The molecular weight excluding hydrogens is 729 g/mol. The van der Waals surface area contributed by atoms with Crippen molar-refractivity contribution in [2.45, 2.75) is 45.4 Å². The number of para-hydroxylation sites is 2. The summed E-state index contributed by atoms with van der Waals surface area (Å²) in [5, 5.41) is 8.77. The van der Waals surface area contributed by atoms with Crippen molar-refractivity contribution in [2.75, 3.05) is 0 Å². The standard InChI is InChI=1S/C56H42N4/c1-33-24-29-44-52(41-19-8-10-20-43(41)56(44,2)3)50(33)53-55(58-46-22-12-11-21-45(46)57-53)60-48-31-27-36(32-42(48)51-37-16-6-4-14-34(37)26-30-49(51)60)59-47-23-13-9-18-39(47)40-28-25-35-15-5-7-17-38(35)54(40)59/h4-12,14-22,25-33H,13,23-24H2,1-3H3. The van der Waals surface area contributed by atoms with Crippen molar-refractivity contribution in [3.63, 3.8) is 0 Å². The van der Waals surface area contributed by atoms with Crippen LogP contribution in [0.5, 0.6) is 0 Å². The fourth-order valence-electron chi connectivity index (χ4n) is 11.2. The zero-order valence-corrected chi connectivity index (χ0v) is 34.0. The van der Waals surface area contributed by atoms with Gasteiger partial charge < -0.3 is 4.57 Å². The van der Waals surface area contributed by atoms with Crippen LogP contribution in [0.3, 0.4) is 0 Å². The van der Waals surface area contributed by atoms with Gasteiger partial charge in [0.15, 0.2) is 5.82 Å². The Morgan fingerprint density at radius 3 is 2.23 bits per heavy atom. The Labute approximate surface area is 348 Å². The Hall–Kier alpha value is -7.04. The molecule has 1 atom stereocenters. The van der Waals surface area contributed by atoms with Gasteiger partial charge in [-0.2, -0.15) is 0 Å². The average Bonchev–Trinajstić information content (AvgIpc) is 3.89. The summed E-state index contributed by atoms with van der Waals surface area (Å²) in [5.41, 5.74) is 16.8. The molecule has 7 aromatic carbocycles. The van der Waals surface area contributed by atoms with Crippen LogP contribution in [0.25, 0.3) is 94.0 Å². The summed E-state index contributed by atoms with van der Waals surface area (Å²) in [6, 6.07) is 51.4. The number of aromatic nitrogens is 4. The highest BCUT2D eigenvalue weighted by Crippen LogP contribution is 2.56. The molecule has 0 saturated heterocycles. The van der Waals surface area contributed by atoms with E-state index in [1.54, 1.807) is 0 Å². The van der Waals surface area contributed by atoms with Gasteiger partial charge in [-0.1, -0.05) is 142 Å². The van der Waals surface area contributed by atoms with E-state index in [1.165, 1.54) is 88.0 Å². The second kappa shape index (κ2) is 12.2. The Kier molecular flexibility index (Phi) is 6.92. The molecule has 0 fully saturated rings. The maximum Gasteiger partial charge on any atom is 0.164 e. The maximum atomic E-state index is 5.65. The first-order chi connectivity index (χ1) is 29.5. The van der Waals surface area contributed by atoms with E-state index >= 15 is 0 Å². The molecule has 0 amide bonds. The molecule has 286 valence electrons. The van der Waals surface area contributed by atoms with E-state index in [2.05, 4.69) is 188 Å². The minimum atomic E-state index is -0.104. The summed E-state index contributed by atoms with van der Waals surface area (Å²) < 4.78 is 5.00. The Morgan fingerprint density at radius 1 is 0.650 bits per heavy atom. The molecule has 3 aliphatic rings. The Balaban J connectivity index is 1.16. The number of rotatable bonds is 3. The van der Waals surface area contributed by atoms with Crippen molar-refractivity contribution in [1.29, 1.82) is 0 Å². The van der Waals surface area contributed by atoms with Crippen LogP contribution in [0, 0.1) is 5.92 Å². The van der Waals surface area contributed by atoms with Gasteiger partial charge in [0, 0.05) is 43.9 Å². The number of hydrogen-bond acceptors (Lipinski definition) is 2. The van der Waals surface area contributed by atoms with Crippen LogP contribution in [-0.2, 0) is 11.8 Å². The van der Waals surface area contributed by atoms with E-state index in [0.717, 1.165) is 52.8 Å². The molecular formula is C56H42N4. The first-order valence-corrected chi connectivity index (χ1v) is 21.5. The van der Waals surface area contributed by atoms with Crippen LogP contribution in [0.4, 0.5) is 0 Å². The van der Waals surface area contributed by atoms with Crippen LogP contribution in [0.15, 0.2) is 157 Å². The van der Waals surface area contributed by atoms with Gasteiger partial charge in [0.05, 0.1) is 27.6 Å². The SMILES string of the molecule is CC1CC=C2C(=C1c1nc3ccccc3nc1-n1c3ccc(-n4c5c(c6ccc7ccccc7c64)C=CCC5)cc3c3c4ccccc4ccc31)c1ccccc1C2(C)C. The number of benzene rings is 7. The summed E-state index contributed by atoms with van der Waals surface area (Å²) in [7, 11) is 0. The van der Waals surface area contributed by atoms with E-state index in [4.69, 9.17) is 9.97 Å². The predicted octanol–water partition coefficient (Wildman–Crippen LogP) is 14.1. The van der Waals surface area contributed by atoms with Gasteiger partial charge in [0.2, 0.25) is 0 Å². The van der Waals surface area contributed by atoms with Crippen LogP contribution in [0.2, 0.25) is 0 Å². The van der Waals surface area contributed by atoms with E-state index in [1.807, 2.05) is 0 Å². The van der Waals surface area contributed by atoms with Crippen molar-refractivity contribution >= 4 is 82.5 Å². The molecule has 1 unspecified atom stereocenters. The summed E-state index contributed by atoms with van der Waals surface area (Å²) in [6.07, 6.45) is 10.2. The number of nitrogens with zero attached hydrogens (tertiary/aromatic N) is 4. The number of allylic oxidation sites excluding steroid dienone is 5. The van der Waals surface area contributed by atoms with E-state index in [9.17, 15) is 0 Å². The van der Waals surface area contributed by atoms with E-state index < -0.39 is 0 Å². The molecule has 13 rings (SSSR count). The molecule has 3 aromatic heterocycles. The van der Waals surface area contributed by atoms with Crippen molar-refractivity contribution in [3.8, 4) is 11.5 Å². The molecule has 0 saturated carbocycles. The van der Waals surface area contributed by atoms with Gasteiger partial charge >= 0.3 is 0 Å². The molecule has 60 heavy (non-hydrogen) atoms. The monoisotopic (exact) mass is 770 g/mol. The molecule has 0 aliphatic heterocycles. The van der Waals surface area contributed by atoms with Gasteiger partial charge in [-0.15, -0.1) is 0 Å². The normalized spacial score (nSPS) is 17.0. The summed E-state index contributed by atoms with van der Waals surface area (Å²) in [4.78, 5) is 11.3. The molecule has 10 aromatic rings. The number of hydrogen-bond donors (Lipinski definition) is 0. The smallest absolute Gasteiger partial charge is 0.164 e. The van der Waals surface area contributed by atoms with Crippen molar-refractivity contribution in [3.05, 3.63) is 185 Å². The molecule has 4 heteroatoms. The largest absolute Gasteiger partial charge is 0.312 e. The van der Waals surface area contributed by atoms with Gasteiger partial charge in [0.1, 0.15) is 5.69 Å². The quantitative estimate of drug-likeness (QED) is 0.179. The van der Waals surface area contributed by atoms with Crippen LogP contribution in [-0.4, -0.2) is 19.1 Å². The lowest BCUT2D eigenvalue weighted by molar-refractivity contribution is 0.644. The average molecular weight is 771 g/mol. The van der Waals surface area contributed by atoms with Crippen molar-refractivity contribution in [2.24, 2.45) is 5.92 Å². The molecule has 0 spiro atoms. The predicted molar refractivity (Wildman–Crippen MR) is 251 cm³/mol. The Morgan fingerprint density at radius 2 is 1.37 bits per heavy atom. The van der Waals surface area contributed by atoms with Crippen molar-refractivity contribution in [1.82, 2.24) is 19.1 Å². The molecule has 0 radical (unpaired) electrons. The van der Waals surface area contributed by atoms with Gasteiger partial charge in [-0.3, -0.25) is 4.57 Å². The first-order valence-electron chi connectivity index (χ1n) is 21.5. The van der Waals surface area contributed by atoms with Gasteiger partial charge in [-0.25, -0.2) is 9.97 Å². The third-order valence-corrected chi connectivity index (χ3v) is 14.0. The topological polar surface area (TPSA) is 35.6 Å². The second-order valence-electron chi connectivity index (χ2n) is 17.6. The van der Waals surface area contributed by atoms with Crippen LogP contribution < -0.4 is 0 Å². The molecule has 3 heterocycles. The highest BCUT2D eigenvalue weighted by molar-refractivity contribution is 6.22. The van der Waals surface area contributed by atoms with Gasteiger partial charge in [-0.05, 0) is 106 Å². The molecule has 0 N–H and O–H groups in total. The van der Waals surface area contributed by atoms with Crippen molar-refractivity contribution < 1.29 is 0 Å². The van der Waals surface area contributed by atoms with E-state index in [0.29, 0.717) is 0 Å². The minimum Gasteiger partial charge on any atom is -0.312 e. The zero-order chi connectivity index (χ0) is 39.9. The van der Waals surface area contributed by atoms with Crippen LogP contribution >= 0.6 is 0 Å². The fourth-order valence-corrected chi connectivity index (χ4v) is 11.2. The van der Waals surface area contributed by atoms with E-state index in [-0.39, 0.29) is 11.3 Å². The highest BCUT2D eigenvalue weighted by Gasteiger charge is 2.42. The lowest BCUT2D eigenvalue weighted by Crippen LogP contribution is -2.19. The minimum absolute atomic E-state index is 0.104. The van der Waals surface area contributed by atoms with Crippen LogP contribution in [0.1, 0.15) is 61.7 Å². The zero-order valence-electron chi connectivity index (χ0n) is 34.0. The second-order valence-corrected chi connectivity index (χ2v) is 17.6. The first kappa shape index (κ1) is 33.9. The summed E-state index contributed by atoms with van der Waals surface area (Å²) >= 11 is 0. The molecule has 0 bridgehead atoms. The molecule has 3 aliphatic carbocycles. The fraction of sp³-hybridized carbons (Fsp3) is 0.143. The highest BCUT2D eigenvalue weighted by atomic mass is 15.1. The third-order valence-electron chi connectivity index (χ3n) is 14.0. The Bertz CT molecular complexity index is 3620. The lowest BCUT2D eigenvalue weighted by Gasteiger charge is -2.29. The lowest BCUT2D eigenvalue weighted by atomic mass is 9.76. The number of fused-ring (bicyclic) bond motifs is 14. The molecule has 4 nitrogen and oxygen atoms in total. The third kappa shape index (κ3) is 4.51. The van der Waals surface area contributed by atoms with Gasteiger partial charge in [0.25, 0.3) is 0 Å². The maximum absolute atomic E-state index is 5.65.